The van der Waals surface area contributed by atoms with E-state index in [4.69, 9.17) is 16.3 Å². The SMILES string of the molecule is C[C@@H](OC(=O)CCN1C(=O)NC(C)(C)C1=O)C(=O)Nc1ccc(Cl)cn1. The van der Waals surface area contributed by atoms with Gasteiger partial charge in [0.2, 0.25) is 0 Å². The van der Waals surface area contributed by atoms with Crippen LogP contribution in [0.2, 0.25) is 5.02 Å². The van der Waals surface area contributed by atoms with Gasteiger partial charge in [0, 0.05) is 12.7 Å². The number of esters is 1. The van der Waals surface area contributed by atoms with E-state index in [0.717, 1.165) is 4.90 Å². The van der Waals surface area contributed by atoms with E-state index in [2.05, 4.69) is 15.6 Å². The van der Waals surface area contributed by atoms with Crippen molar-refractivity contribution in [1.82, 2.24) is 15.2 Å². The second kappa shape index (κ2) is 7.69. The maximum absolute atomic E-state index is 12.0. The van der Waals surface area contributed by atoms with Crippen LogP contribution in [-0.4, -0.2) is 51.9 Å². The molecule has 0 aliphatic carbocycles. The molecular weight excluding hydrogens is 364 g/mol. The Morgan fingerprint density at radius 2 is 2.08 bits per heavy atom. The average Bonchev–Trinajstić information content (AvgIpc) is 2.75. The summed E-state index contributed by atoms with van der Waals surface area (Å²) >= 11 is 5.71. The fraction of sp³-hybridized carbons (Fsp3) is 0.438. The Morgan fingerprint density at radius 3 is 2.62 bits per heavy atom. The highest BCUT2D eigenvalue weighted by Crippen LogP contribution is 2.17. The van der Waals surface area contributed by atoms with Crippen LogP contribution in [0, 0.1) is 0 Å². The maximum atomic E-state index is 12.0. The lowest BCUT2D eigenvalue weighted by atomic mass is 10.1. The first-order valence-electron chi connectivity index (χ1n) is 7.86. The lowest BCUT2D eigenvalue weighted by Gasteiger charge is -2.16. The fourth-order valence-electron chi connectivity index (χ4n) is 2.21. The van der Waals surface area contributed by atoms with Gasteiger partial charge in [0.05, 0.1) is 11.4 Å². The summed E-state index contributed by atoms with van der Waals surface area (Å²) in [6, 6.07) is 2.50. The molecule has 0 spiro atoms. The lowest BCUT2D eigenvalue weighted by Crippen LogP contribution is -2.40. The number of hydrogen-bond donors (Lipinski definition) is 2. The minimum Gasteiger partial charge on any atom is -0.452 e. The minimum atomic E-state index is -1.07. The van der Waals surface area contributed by atoms with Gasteiger partial charge < -0.3 is 15.4 Å². The van der Waals surface area contributed by atoms with Crippen LogP contribution in [0.4, 0.5) is 10.6 Å². The number of urea groups is 1. The number of hydrogen-bond acceptors (Lipinski definition) is 6. The standard InChI is InChI=1S/C16H19ClN4O5/c1-9(13(23)19-11-5-4-10(17)8-18-11)26-12(22)6-7-21-14(24)16(2,3)20-15(21)25/h4-5,8-9H,6-7H2,1-3H3,(H,20,25)(H,18,19,23)/t9-/m1/s1. The number of imide groups is 1. The van der Waals surface area contributed by atoms with Gasteiger partial charge in [-0.15, -0.1) is 0 Å². The summed E-state index contributed by atoms with van der Waals surface area (Å²) in [4.78, 5) is 52.5. The molecule has 2 heterocycles. The third kappa shape index (κ3) is 4.69. The molecule has 1 atom stereocenters. The molecule has 4 amide bonds. The number of aromatic nitrogens is 1. The molecule has 0 aromatic carbocycles. The molecule has 1 aliphatic heterocycles. The minimum absolute atomic E-state index is 0.125. The third-order valence-corrected chi connectivity index (χ3v) is 3.86. The van der Waals surface area contributed by atoms with E-state index in [1.807, 2.05) is 0 Å². The molecular formula is C16H19ClN4O5. The Labute approximate surface area is 155 Å². The number of anilines is 1. The highest BCUT2D eigenvalue weighted by atomic mass is 35.5. The molecule has 9 nitrogen and oxygen atoms in total. The molecule has 2 rings (SSSR count). The maximum Gasteiger partial charge on any atom is 0.325 e. The van der Waals surface area contributed by atoms with Gasteiger partial charge in [-0.25, -0.2) is 9.78 Å². The van der Waals surface area contributed by atoms with Crippen molar-refractivity contribution in [1.29, 1.82) is 0 Å². The van der Waals surface area contributed by atoms with Crippen LogP contribution in [0.15, 0.2) is 18.3 Å². The van der Waals surface area contributed by atoms with Gasteiger partial charge in [-0.1, -0.05) is 11.6 Å². The molecule has 1 aromatic heterocycles. The molecule has 1 aromatic rings. The average molecular weight is 383 g/mol. The van der Waals surface area contributed by atoms with E-state index < -0.39 is 35.5 Å². The van der Waals surface area contributed by atoms with Crippen LogP contribution in [-0.2, 0) is 19.1 Å². The van der Waals surface area contributed by atoms with Gasteiger partial charge in [0.1, 0.15) is 11.4 Å². The second-order valence-corrected chi connectivity index (χ2v) is 6.68. The van der Waals surface area contributed by atoms with Crippen LogP contribution >= 0.6 is 11.6 Å². The number of amides is 4. The Kier molecular flexibility index (Phi) is 5.81. The summed E-state index contributed by atoms with van der Waals surface area (Å²) in [5.41, 5.74) is -1.00. The zero-order valence-electron chi connectivity index (χ0n) is 14.5. The van der Waals surface area contributed by atoms with Gasteiger partial charge in [-0.3, -0.25) is 19.3 Å². The number of carbonyl (C=O) groups is 4. The number of nitrogens with zero attached hydrogens (tertiary/aromatic N) is 2. The molecule has 0 radical (unpaired) electrons. The zero-order chi connectivity index (χ0) is 19.5. The molecule has 1 fully saturated rings. The monoisotopic (exact) mass is 382 g/mol. The fourth-order valence-corrected chi connectivity index (χ4v) is 2.32. The van der Waals surface area contributed by atoms with E-state index in [-0.39, 0.29) is 18.8 Å². The molecule has 0 unspecified atom stereocenters. The summed E-state index contributed by atoms with van der Waals surface area (Å²) in [5, 5.41) is 5.42. The number of ether oxygens (including phenoxy) is 1. The number of rotatable bonds is 6. The number of halogens is 1. The van der Waals surface area contributed by atoms with Crippen molar-refractivity contribution in [2.45, 2.75) is 38.8 Å². The first-order valence-corrected chi connectivity index (χ1v) is 8.24. The largest absolute Gasteiger partial charge is 0.452 e. The van der Waals surface area contributed by atoms with E-state index >= 15 is 0 Å². The van der Waals surface area contributed by atoms with Gasteiger partial charge in [-0.2, -0.15) is 0 Å². The van der Waals surface area contributed by atoms with Crippen LogP contribution in [0.1, 0.15) is 27.2 Å². The smallest absolute Gasteiger partial charge is 0.325 e. The molecule has 1 aliphatic rings. The number of pyridine rings is 1. The van der Waals surface area contributed by atoms with E-state index in [0.29, 0.717) is 5.02 Å². The summed E-state index contributed by atoms with van der Waals surface area (Å²) in [6.45, 7) is 4.42. The Bertz CT molecular complexity index is 735. The van der Waals surface area contributed by atoms with E-state index in [1.165, 1.54) is 19.2 Å². The van der Waals surface area contributed by atoms with E-state index in [9.17, 15) is 19.2 Å². The van der Waals surface area contributed by atoms with Crippen molar-refractivity contribution in [2.75, 3.05) is 11.9 Å². The van der Waals surface area contributed by atoms with Crippen molar-refractivity contribution >= 4 is 41.2 Å². The summed E-state index contributed by atoms with van der Waals surface area (Å²) in [5.74, 6) is -1.43. The van der Waals surface area contributed by atoms with Crippen molar-refractivity contribution in [3.8, 4) is 0 Å². The second-order valence-electron chi connectivity index (χ2n) is 6.24. The summed E-state index contributed by atoms with van der Waals surface area (Å²) in [7, 11) is 0. The van der Waals surface area contributed by atoms with Gasteiger partial charge in [0.15, 0.2) is 6.10 Å². The quantitative estimate of drug-likeness (QED) is 0.566. The van der Waals surface area contributed by atoms with Gasteiger partial charge in [0.25, 0.3) is 11.8 Å². The number of carbonyl (C=O) groups excluding carboxylic acids is 4. The van der Waals surface area contributed by atoms with Crippen molar-refractivity contribution in [2.24, 2.45) is 0 Å². The Morgan fingerprint density at radius 1 is 1.38 bits per heavy atom. The van der Waals surface area contributed by atoms with Crippen LogP contribution < -0.4 is 10.6 Å². The van der Waals surface area contributed by atoms with Crippen molar-refractivity contribution < 1.29 is 23.9 Å². The molecule has 140 valence electrons. The molecule has 1 saturated heterocycles. The highest BCUT2D eigenvalue weighted by molar-refractivity contribution is 6.30. The Hall–Kier alpha value is -2.68. The van der Waals surface area contributed by atoms with E-state index in [1.54, 1.807) is 19.9 Å². The lowest BCUT2D eigenvalue weighted by molar-refractivity contribution is -0.153. The van der Waals surface area contributed by atoms with Crippen molar-refractivity contribution in [3.05, 3.63) is 23.4 Å². The highest BCUT2D eigenvalue weighted by Gasteiger charge is 2.44. The van der Waals surface area contributed by atoms with Crippen LogP contribution in [0.3, 0.4) is 0 Å². The molecule has 2 N–H and O–H groups in total. The zero-order valence-corrected chi connectivity index (χ0v) is 15.3. The molecule has 10 heteroatoms. The van der Waals surface area contributed by atoms with Crippen LogP contribution in [0.25, 0.3) is 0 Å². The van der Waals surface area contributed by atoms with Crippen LogP contribution in [0.5, 0.6) is 0 Å². The predicted molar refractivity (Wildman–Crippen MR) is 92.4 cm³/mol. The van der Waals surface area contributed by atoms with Crippen molar-refractivity contribution in [3.63, 3.8) is 0 Å². The van der Waals surface area contributed by atoms with Gasteiger partial charge in [-0.05, 0) is 32.9 Å². The molecule has 26 heavy (non-hydrogen) atoms. The summed E-state index contributed by atoms with van der Waals surface area (Å²) < 4.78 is 5.02. The predicted octanol–water partition coefficient (Wildman–Crippen LogP) is 1.33. The first-order chi connectivity index (χ1) is 12.1. The molecule has 0 saturated carbocycles. The normalized spacial score (nSPS) is 16.8. The topological polar surface area (TPSA) is 118 Å². The third-order valence-electron chi connectivity index (χ3n) is 3.64. The Balaban J connectivity index is 1.81. The summed E-state index contributed by atoms with van der Waals surface area (Å²) in [6.07, 6.45) is 0.0824. The molecule has 0 bridgehead atoms. The first kappa shape index (κ1) is 19.6. The number of nitrogens with one attached hydrogen (secondary N) is 2. The van der Waals surface area contributed by atoms with Gasteiger partial charge >= 0.3 is 12.0 Å².